The van der Waals surface area contributed by atoms with E-state index < -0.39 is 0 Å². The molecule has 21 heavy (non-hydrogen) atoms. The minimum absolute atomic E-state index is 0.141. The number of nitrogens with one attached hydrogen (secondary N) is 1. The van der Waals surface area contributed by atoms with Crippen molar-refractivity contribution in [1.82, 2.24) is 10.2 Å². The molecule has 0 spiro atoms. The molecule has 0 amide bonds. The van der Waals surface area contributed by atoms with Gasteiger partial charge in [-0.05, 0) is 58.4 Å². The molecule has 0 radical (unpaired) electrons. The number of ether oxygens (including phenoxy) is 1. The van der Waals surface area contributed by atoms with Gasteiger partial charge in [0.2, 0.25) is 0 Å². The normalized spacial score (nSPS) is 16.0. The maximum atomic E-state index is 5.90. The van der Waals surface area contributed by atoms with Gasteiger partial charge in [-0.3, -0.25) is 0 Å². The number of nitrogens with zero attached hydrogens (tertiary/aromatic N) is 1. The smallest absolute Gasteiger partial charge is 0.119 e. The van der Waals surface area contributed by atoms with Crippen molar-refractivity contribution in [2.24, 2.45) is 0 Å². The van der Waals surface area contributed by atoms with Crippen LogP contribution in [0.5, 0.6) is 5.75 Å². The Balaban J connectivity index is 1.75. The Morgan fingerprint density at radius 2 is 2.05 bits per heavy atom. The van der Waals surface area contributed by atoms with Gasteiger partial charge in [0, 0.05) is 24.7 Å². The van der Waals surface area contributed by atoms with E-state index in [1.54, 1.807) is 0 Å². The fraction of sp³-hybridized carbons (Fsp3) is 0.667. The number of likely N-dealkylation sites (N-methyl/N-ethyl adjacent to an activating group) is 1. The third-order valence-electron chi connectivity index (χ3n) is 4.13. The van der Waals surface area contributed by atoms with Crippen LogP contribution in [0.3, 0.4) is 0 Å². The topological polar surface area (TPSA) is 24.5 Å². The van der Waals surface area contributed by atoms with E-state index in [4.69, 9.17) is 4.74 Å². The second-order valence-electron chi connectivity index (χ2n) is 7.16. The lowest BCUT2D eigenvalue weighted by atomic mass is 9.92. The molecule has 0 heterocycles. The summed E-state index contributed by atoms with van der Waals surface area (Å²) in [6.07, 6.45) is 4.09. The summed E-state index contributed by atoms with van der Waals surface area (Å²) in [5, 5.41) is 3.51. The van der Waals surface area contributed by atoms with Crippen molar-refractivity contribution < 1.29 is 4.74 Å². The lowest BCUT2D eigenvalue weighted by molar-refractivity contribution is 0.135. The van der Waals surface area contributed by atoms with Gasteiger partial charge < -0.3 is 15.0 Å². The highest BCUT2D eigenvalue weighted by Gasteiger charge is 2.21. The molecule has 1 aromatic rings. The van der Waals surface area contributed by atoms with Gasteiger partial charge in [-0.15, -0.1) is 0 Å². The van der Waals surface area contributed by atoms with Gasteiger partial charge in [0.25, 0.3) is 0 Å². The molecule has 1 aromatic carbocycles. The molecule has 1 aliphatic rings. The third kappa shape index (κ3) is 5.68. The van der Waals surface area contributed by atoms with Crippen LogP contribution in [0.4, 0.5) is 0 Å². The van der Waals surface area contributed by atoms with Crippen LogP contribution in [0.1, 0.15) is 45.6 Å². The minimum Gasteiger partial charge on any atom is -0.492 e. The van der Waals surface area contributed by atoms with Crippen LogP contribution in [0, 0.1) is 0 Å². The zero-order valence-corrected chi connectivity index (χ0v) is 14.0. The molecule has 0 unspecified atom stereocenters. The average Bonchev–Trinajstić information content (AvgIpc) is 2.34. The molecule has 2 rings (SSSR count). The predicted octanol–water partition coefficient (Wildman–Crippen LogP) is 3.44. The van der Waals surface area contributed by atoms with Crippen molar-refractivity contribution in [3.05, 3.63) is 29.8 Å². The summed E-state index contributed by atoms with van der Waals surface area (Å²) in [6.45, 7) is 9.21. The van der Waals surface area contributed by atoms with Crippen LogP contribution in [-0.2, 0) is 6.54 Å². The Kier molecular flexibility index (Phi) is 5.65. The number of benzene rings is 1. The number of hydrogen-bond acceptors (Lipinski definition) is 3. The summed E-state index contributed by atoms with van der Waals surface area (Å²) >= 11 is 0. The molecule has 1 saturated carbocycles. The van der Waals surface area contributed by atoms with E-state index in [-0.39, 0.29) is 5.54 Å². The van der Waals surface area contributed by atoms with Crippen LogP contribution in [0.15, 0.2) is 24.3 Å². The lowest BCUT2D eigenvalue weighted by Crippen LogP contribution is -2.39. The summed E-state index contributed by atoms with van der Waals surface area (Å²) < 4.78 is 5.90. The van der Waals surface area contributed by atoms with Gasteiger partial charge in [0.15, 0.2) is 0 Å². The van der Waals surface area contributed by atoms with Crippen molar-refractivity contribution >= 4 is 0 Å². The number of rotatable bonds is 7. The van der Waals surface area contributed by atoms with Gasteiger partial charge in [0.1, 0.15) is 12.4 Å². The minimum atomic E-state index is 0.141. The molecule has 3 nitrogen and oxygen atoms in total. The second-order valence-corrected chi connectivity index (χ2v) is 7.16. The van der Waals surface area contributed by atoms with E-state index >= 15 is 0 Å². The Morgan fingerprint density at radius 1 is 1.29 bits per heavy atom. The van der Waals surface area contributed by atoms with Crippen molar-refractivity contribution in [3.63, 3.8) is 0 Å². The zero-order chi connectivity index (χ0) is 15.3. The maximum absolute atomic E-state index is 5.90. The zero-order valence-electron chi connectivity index (χ0n) is 14.0. The molecule has 0 saturated heterocycles. The van der Waals surface area contributed by atoms with Gasteiger partial charge in [-0.2, -0.15) is 0 Å². The van der Waals surface area contributed by atoms with Gasteiger partial charge in [-0.25, -0.2) is 0 Å². The summed E-state index contributed by atoms with van der Waals surface area (Å²) in [6, 6.07) is 9.19. The molecule has 0 atom stereocenters. The van der Waals surface area contributed by atoms with E-state index in [0.717, 1.165) is 31.5 Å². The van der Waals surface area contributed by atoms with Crippen molar-refractivity contribution in [1.29, 1.82) is 0 Å². The first-order valence-electron chi connectivity index (χ1n) is 8.11. The number of hydrogen-bond donors (Lipinski definition) is 1. The first-order valence-corrected chi connectivity index (χ1v) is 8.11. The summed E-state index contributed by atoms with van der Waals surface area (Å²) in [5.74, 6) is 0.977. The maximum Gasteiger partial charge on any atom is 0.119 e. The lowest BCUT2D eigenvalue weighted by Gasteiger charge is -2.34. The highest BCUT2D eigenvalue weighted by molar-refractivity contribution is 5.28. The fourth-order valence-electron chi connectivity index (χ4n) is 2.43. The molecule has 1 aliphatic carbocycles. The van der Waals surface area contributed by atoms with E-state index in [0.29, 0.717) is 0 Å². The Hall–Kier alpha value is -1.06. The third-order valence-corrected chi connectivity index (χ3v) is 4.13. The second kappa shape index (κ2) is 7.28. The van der Waals surface area contributed by atoms with Crippen molar-refractivity contribution in [2.45, 2.75) is 58.2 Å². The average molecular weight is 290 g/mol. The first kappa shape index (κ1) is 16.3. The highest BCUT2D eigenvalue weighted by atomic mass is 16.5. The Bertz CT molecular complexity index is 435. The molecule has 0 aliphatic heterocycles. The van der Waals surface area contributed by atoms with E-state index in [9.17, 15) is 0 Å². The summed E-state index contributed by atoms with van der Waals surface area (Å²) in [5.41, 5.74) is 1.41. The van der Waals surface area contributed by atoms with Gasteiger partial charge in [0.05, 0.1) is 0 Å². The van der Waals surface area contributed by atoms with Crippen LogP contribution < -0.4 is 10.1 Å². The van der Waals surface area contributed by atoms with Gasteiger partial charge >= 0.3 is 0 Å². The standard InChI is InChI=1S/C18H30N2O/c1-18(2,3)19-14-15-7-5-10-17(13-15)21-12-11-20(4)16-8-6-9-16/h5,7,10,13,16,19H,6,8-9,11-12,14H2,1-4H3. The highest BCUT2D eigenvalue weighted by Crippen LogP contribution is 2.23. The fourth-order valence-corrected chi connectivity index (χ4v) is 2.43. The Morgan fingerprint density at radius 3 is 2.67 bits per heavy atom. The SMILES string of the molecule is CN(CCOc1cccc(CNC(C)(C)C)c1)C1CCC1. The molecule has 3 heteroatoms. The van der Waals surface area contributed by atoms with Crippen LogP contribution in [0.25, 0.3) is 0 Å². The molecule has 1 fully saturated rings. The molecular weight excluding hydrogens is 260 g/mol. The van der Waals surface area contributed by atoms with E-state index in [1.807, 2.05) is 6.07 Å². The molecule has 1 N–H and O–H groups in total. The van der Waals surface area contributed by atoms with Crippen LogP contribution >= 0.6 is 0 Å². The van der Waals surface area contributed by atoms with Crippen LogP contribution in [0.2, 0.25) is 0 Å². The summed E-state index contributed by atoms with van der Waals surface area (Å²) in [7, 11) is 2.21. The first-order chi connectivity index (χ1) is 9.94. The van der Waals surface area contributed by atoms with E-state index in [1.165, 1.54) is 24.8 Å². The van der Waals surface area contributed by atoms with Crippen molar-refractivity contribution in [2.75, 3.05) is 20.2 Å². The summed E-state index contributed by atoms with van der Waals surface area (Å²) in [4.78, 5) is 2.43. The van der Waals surface area contributed by atoms with Crippen molar-refractivity contribution in [3.8, 4) is 5.75 Å². The molecule has 0 bridgehead atoms. The van der Waals surface area contributed by atoms with Crippen LogP contribution in [-0.4, -0.2) is 36.7 Å². The molecule has 118 valence electrons. The van der Waals surface area contributed by atoms with E-state index in [2.05, 4.69) is 56.2 Å². The largest absolute Gasteiger partial charge is 0.492 e. The molecule has 0 aromatic heterocycles. The Labute approximate surface area is 129 Å². The van der Waals surface area contributed by atoms with Gasteiger partial charge in [-0.1, -0.05) is 18.6 Å². The molecular formula is C18H30N2O. The predicted molar refractivity (Wildman–Crippen MR) is 88.8 cm³/mol. The quantitative estimate of drug-likeness (QED) is 0.832. The monoisotopic (exact) mass is 290 g/mol.